The summed E-state index contributed by atoms with van der Waals surface area (Å²) in [5, 5.41) is 13.8. The van der Waals surface area contributed by atoms with Crippen LogP contribution in [0.15, 0.2) is 61.1 Å². The predicted octanol–water partition coefficient (Wildman–Crippen LogP) is 3.66. The molecule has 4 aromatic rings. The van der Waals surface area contributed by atoms with Crippen LogP contribution >= 0.6 is 0 Å². The third kappa shape index (κ3) is 3.92. The van der Waals surface area contributed by atoms with Gasteiger partial charge in [-0.3, -0.25) is 4.98 Å². The molecule has 0 radical (unpaired) electrons. The summed E-state index contributed by atoms with van der Waals surface area (Å²) in [6.07, 6.45) is 6.08. The van der Waals surface area contributed by atoms with E-state index < -0.39 is 0 Å². The van der Waals surface area contributed by atoms with Crippen molar-refractivity contribution in [3.05, 3.63) is 61.1 Å². The van der Waals surface area contributed by atoms with Crippen LogP contribution in [0.25, 0.3) is 22.3 Å². The summed E-state index contributed by atoms with van der Waals surface area (Å²) in [4.78, 5) is 20.7. The predicted molar refractivity (Wildman–Crippen MR) is 124 cm³/mol. The van der Waals surface area contributed by atoms with Crippen molar-refractivity contribution in [1.29, 1.82) is 0 Å². The molecule has 1 fully saturated rings. The number of rotatable bonds is 6. The summed E-state index contributed by atoms with van der Waals surface area (Å²) in [7, 11) is 1.62. The molecule has 0 bridgehead atoms. The van der Waals surface area contributed by atoms with Gasteiger partial charge in [-0.05, 0) is 30.7 Å². The third-order valence-corrected chi connectivity index (χ3v) is 5.68. The molecular formula is C24H24N6O2. The van der Waals surface area contributed by atoms with Gasteiger partial charge in [0.05, 0.1) is 30.4 Å². The minimum absolute atomic E-state index is 0.171. The summed E-state index contributed by atoms with van der Waals surface area (Å²) >= 11 is 0. The van der Waals surface area contributed by atoms with Crippen molar-refractivity contribution in [1.82, 2.24) is 19.9 Å². The van der Waals surface area contributed by atoms with Gasteiger partial charge in [-0.2, -0.15) is 0 Å². The highest BCUT2D eigenvalue weighted by atomic mass is 16.5. The van der Waals surface area contributed by atoms with E-state index in [9.17, 15) is 5.11 Å². The van der Waals surface area contributed by atoms with Crippen LogP contribution < -0.4 is 15.0 Å². The number of anilines is 3. The van der Waals surface area contributed by atoms with Gasteiger partial charge < -0.3 is 20.1 Å². The highest BCUT2D eigenvalue weighted by Crippen LogP contribution is 2.36. The number of ether oxygens (including phenoxy) is 1. The molecule has 4 heterocycles. The van der Waals surface area contributed by atoms with E-state index in [1.807, 2.05) is 42.5 Å². The molecule has 1 saturated heterocycles. The van der Waals surface area contributed by atoms with E-state index in [2.05, 4.69) is 20.2 Å². The maximum absolute atomic E-state index is 9.62. The lowest BCUT2D eigenvalue weighted by atomic mass is 10.1. The zero-order valence-corrected chi connectivity index (χ0v) is 17.8. The van der Waals surface area contributed by atoms with Gasteiger partial charge in [0.2, 0.25) is 0 Å². The number of aliphatic hydroxyl groups excluding tert-OH is 1. The summed E-state index contributed by atoms with van der Waals surface area (Å²) in [6.45, 7) is 1.73. The molecule has 0 saturated carbocycles. The molecule has 32 heavy (non-hydrogen) atoms. The number of methoxy groups -OCH3 is 1. The molecule has 1 aliphatic heterocycles. The van der Waals surface area contributed by atoms with Crippen LogP contribution in [0.3, 0.4) is 0 Å². The monoisotopic (exact) mass is 428 g/mol. The molecule has 8 heteroatoms. The van der Waals surface area contributed by atoms with E-state index in [-0.39, 0.29) is 12.5 Å². The van der Waals surface area contributed by atoms with Crippen molar-refractivity contribution in [2.24, 2.45) is 5.92 Å². The first kappa shape index (κ1) is 20.1. The molecule has 1 atom stereocenters. The second-order valence-corrected chi connectivity index (χ2v) is 7.81. The van der Waals surface area contributed by atoms with Crippen LogP contribution in [0.1, 0.15) is 6.42 Å². The molecular weight excluding hydrogens is 404 g/mol. The average Bonchev–Trinajstić information content (AvgIpc) is 3.33. The second kappa shape index (κ2) is 8.76. The van der Waals surface area contributed by atoms with Crippen LogP contribution in [0, 0.1) is 5.92 Å². The van der Waals surface area contributed by atoms with Gasteiger partial charge >= 0.3 is 0 Å². The Bertz CT molecular complexity index is 1230. The molecule has 8 nitrogen and oxygen atoms in total. The molecule has 162 valence electrons. The fraction of sp³-hybridized carbons (Fsp3) is 0.250. The van der Waals surface area contributed by atoms with Crippen LogP contribution in [-0.2, 0) is 0 Å². The number of pyridine rings is 2. The summed E-state index contributed by atoms with van der Waals surface area (Å²) in [6, 6.07) is 13.7. The summed E-state index contributed by atoms with van der Waals surface area (Å²) in [5.41, 5.74) is 2.52. The molecule has 0 spiro atoms. The number of aromatic nitrogens is 4. The maximum atomic E-state index is 9.62. The van der Waals surface area contributed by atoms with E-state index in [0.717, 1.165) is 42.0 Å². The fourth-order valence-corrected chi connectivity index (χ4v) is 4.03. The Morgan fingerprint density at radius 1 is 1.16 bits per heavy atom. The molecule has 1 aliphatic rings. The highest BCUT2D eigenvalue weighted by molar-refractivity contribution is 5.95. The quantitative estimate of drug-likeness (QED) is 0.480. The highest BCUT2D eigenvalue weighted by Gasteiger charge is 2.26. The minimum Gasteiger partial charge on any atom is -0.494 e. The zero-order chi connectivity index (χ0) is 21.9. The molecule has 0 amide bonds. The average molecular weight is 428 g/mol. The second-order valence-electron chi connectivity index (χ2n) is 7.81. The van der Waals surface area contributed by atoms with Crippen molar-refractivity contribution >= 4 is 28.2 Å². The lowest BCUT2D eigenvalue weighted by molar-refractivity contribution is 0.238. The van der Waals surface area contributed by atoms with Crippen molar-refractivity contribution in [3.8, 4) is 17.1 Å². The Morgan fingerprint density at radius 2 is 2.03 bits per heavy atom. The smallest absolute Gasteiger partial charge is 0.162 e. The number of hydrogen-bond donors (Lipinski definition) is 2. The number of nitrogens with one attached hydrogen (secondary N) is 1. The van der Waals surface area contributed by atoms with Gasteiger partial charge in [0, 0.05) is 43.1 Å². The normalized spacial score (nSPS) is 15.8. The van der Waals surface area contributed by atoms with Crippen molar-refractivity contribution < 1.29 is 9.84 Å². The standard InChI is InChI=1S/C24H24N6O2/c1-32-20-13-25-12-19-22(20)24(30-10-8-16(14-30)15-31)29-23(28-19)17-7-9-26-21(11-17)27-18-5-3-2-4-6-18/h2-7,9,11-13,16,31H,8,10,14-15H2,1H3,(H,26,27)/t16-/m1/s1. The number of fused-ring (bicyclic) bond motifs is 1. The molecule has 3 aromatic heterocycles. The topological polar surface area (TPSA) is 96.3 Å². The van der Waals surface area contributed by atoms with Crippen LogP contribution in [0.2, 0.25) is 0 Å². The van der Waals surface area contributed by atoms with E-state index >= 15 is 0 Å². The summed E-state index contributed by atoms with van der Waals surface area (Å²) in [5.74, 6) is 2.98. The van der Waals surface area contributed by atoms with E-state index in [1.54, 1.807) is 25.7 Å². The molecule has 1 aromatic carbocycles. The number of aliphatic hydroxyl groups is 1. The Morgan fingerprint density at radius 3 is 2.81 bits per heavy atom. The van der Waals surface area contributed by atoms with Crippen molar-refractivity contribution in [2.45, 2.75) is 6.42 Å². The van der Waals surface area contributed by atoms with E-state index in [1.165, 1.54) is 0 Å². The first-order chi connectivity index (χ1) is 15.7. The summed E-state index contributed by atoms with van der Waals surface area (Å²) < 4.78 is 5.57. The Kier molecular flexibility index (Phi) is 5.51. The lowest BCUT2D eigenvalue weighted by Gasteiger charge is -2.21. The first-order valence-corrected chi connectivity index (χ1v) is 10.6. The number of nitrogens with zero attached hydrogens (tertiary/aromatic N) is 5. The SMILES string of the molecule is COc1cncc2nc(-c3ccnc(Nc4ccccc4)c3)nc(N3CC[C@@H](CO)C3)c12. The van der Waals surface area contributed by atoms with Gasteiger partial charge in [-0.15, -0.1) is 0 Å². The van der Waals surface area contributed by atoms with Gasteiger partial charge in [0.1, 0.15) is 17.4 Å². The van der Waals surface area contributed by atoms with Crippen LogP contribution in [-0.4, -0.2) is 51.8 Å². The molecule has 5 rings (SSSR count). The van der Waals surface area contributed by atoms with Crippen molar-refractivity contribution in [2.75, 3.05) is 37.0 Å². The zero-order valence-electron chi connectivity index (χ0n) is 17.8. The van der Waals surface area contributed by atoms with Gasteiger partial charge in [0.15, 0.2) is 5.82 Å². The number of hydrogen-bond acceptors (Lipinski definition) is 8. The van der Waals surface area contributed by atoms with Gasteiger partial charge in [-0.25, -0.2) is 15.0 Å². The van der Waals surface area contributed by atoms with Crippen LogP contribution in [0.5, 0.6) is 5.75 Å². The van der Waals surface area contributed by atoms with E-state index in [0.29, 0.717) is 22.9 Å². The molecule has 0 aliphatic carbocycles. The van der Waals surface area contributed by atoms with Crippen LogP contribution in [0.4, 0.5) is 17.3 Å². The van der Waals surface area contributed by atoms with E-state index in [4.69, 9.17) is 14.7 Å². The van der Waals surface area contributed by atoms with Gasteiger partial charge in [0.25, 0.3) is 0 Å². The Labute approximate surface area is 186 Å². The minimum atomic E-state index is 0.171. The Hall–Kier alpha value is -3.78. The maximum Gasteiger partial charge on any atom is 0.162 e. The third-order valence-electron chi connectivity index (χ3n) is 5.68. The largest absolute Gasteiger partial charge is 0.494 e. The number of benzene rings is 1. The Balaban J connectivity index is 1.58. The molecule has 2 N–H and O–H groups in total. The molecule has 0 unspecified atom stereocenters. The number of para-hydroxylation sites is 1. The van der Waals surface area contributed by atoms with Gasteiger partial charge in [-0.1, -0.05) is 18.2 Å². The lowest BCUT2D eigenvalue weighted by Crippen LogP contribution is -2.22. The first-order valence-electron chi connectivity index (χ1n) is 10.6. The fourth-order valence-electron chi connectivity index (χ4n) is 4.03. The van der Waals surface area contributed by atoms with Crippen molar-refractivity contribution in [3.63, 3.8) is 0 Å².